The molecule has 3 aliphatic carbocycles. The van der Waals surface area contributed by atoms with Gasteiger partial charge < -0.3 is 29.0 Å². The van der Waals surface area contributed by atoms with Crippen LogP contribution in [0.4, 0.5) is 0 Å². The van der Waals surface area contributed by atoms with Crippen molar-refractivity contribution >= 4 is 57.5 Å². The van der Waals surface area contributed by atoms with Crippen molar-refractivity contribution in [2.45, 2.75) is 104 Å². The summed E-state index contributed by atoms with van der Waals surface area (Å²) < 4.78 is 23.7. The van der Waals surface area contributed by atoms with Gasteiger partial charge in [-0.1, -0.05) is 52.3 Å². The maximum Gasteiger partial charge on any atom is 0.310 e. The van der Waals surface area contributed by atoms with E-state index in [1.807, 2.05) is 32.2 Å². The summed E-state index contributed by atoms with van der Waals surface area (Å²) in [4.78, 5) is 66.3. The summed E-state index contributed by atoms with van der Waals surface area (Å²) in [5.41, 5.74) is -0.0369. The van der Waals surface area contributed by atoms with Gasteiger partial charge in [0.05, 0.1) is 48.2 Å². The fourth-order valence-corrected chi connectivity index (χ4v) is 9.96. The molecule has 1 N–H and O–H groups in total. The Hall–Kier alpha value is -4.07. The lowest BCUT2D eigenvalue weighted by molar-refractivity contribution is -0.157. The standard InChI is InChI=1S/C44H54ClN3O9S/c1-8-26-19-44(26,42(52)53)20-34(49)33-16-28(21-48(33)41(51)30(43(4,5)6)17-37(50)57-27-14-24-13-25(24)15-27)56-36-18-31(40-47-32(22-58-40)23(2)3)46-39-29(36)9-10-35(38(39)45)55-12-11-54-7/h8-10,18,22-28,30,33H,1,11-17,19-21H2,2-7H3,(H,52,53)/t24-,25+,26-,27?,28-,30?,33+,44-/m1/s1. The van der Waals surface area contributed by atoms with E-state index in [0.717, 1.165) is 18.5 Å². The first kappa shape index (κ1) is 42.1. The lowest BCUT2D eigenvalue weighted by Gasteiger charge is -2.35. The van der Waals surface area contributed by atoms with E-state index in [2.05, 4.69) is 20.4 Å². The predicted molar refractivity (Wildman–Crippen MR) is 220 cm³/mol. The van der Waals surface area contributed by atoms with Gasteiger partial charge in [0.1, 0.15) is 46.0 Å². The number of ketones is 1. The lowest BCUT2D eigenvalue weighted by atomic mass is 9.77. The van der Waals surface area contributed by atoms with Gasteiger partial charge in [0.15, 0.2) is 5.78 Å². The summed E-state index contributed by atoms with van der Waals surface area (Å²) in [5.74, 6) is -1.04. The zero-order valence-electron chi connectivity index (χ0n) is 34.1. The molecule has 1 amide bonds. The van der Waals surface area contributed by atoms with E-state index in [1.54, 1.807) is 25.3 Å². The number of amides is 1. The Morgan fingerprint density at radius 2 is 1.81 bits per heavy atom. The van der Waals surface area contributed by atoms with Gasteiger partial charge in [0.2, 0.25) is 5.91 Å². The minimum Gasteiger partial charge on any atom is -0.490 e. The highest BCUT2D eigenvalue weighted by molar-refractivity contribution is 7.13. The molecule has 7 rings (SSSR count). The van der Waals surface area contributed by atoms with Gasteiger partial charge in [-0.2, -0.15) is 0 Å². The monoisotopic (exact) mass is 835 g/mol. The maximum absolute atomic E-state index is 14.8. The molecule has 14 heteroatoms. The van der Waals surface area contributed by atoms with Gasteiger partial charge in [0.25, 0.3) is 0 Å². The largest absolute Gasteiger partial charge is 0.490 e. The molecule has 312 valence electrons. The SMILES string of the molecule is C=C[C@@H]1C[C@]1(CC(=O)[C@@H]1C[C@@H](Oc2cc(-c3nc(C(C)C)cs3)nc3c(Cl)c(OCCOC)ccc23)CN1C(=O)C(CC(=O)OC1C[C@@H]2C[C@@H]2C1)C(C)(C)C)C(=O)O. The molecule has 1 aliphatic heterocycles. The number of hydrogen-bond acceptors (Lipinski definition) is 11. The molecule has 2 aromatic heterocycles. The van der Waals surface area contributed by atoms with Crippen molar-refractivity contribution in [2.75, 3.05) is 26.9 Å². The molecular weight excluding hydrogens is 782 g/mol. The van der Waals surface area contributed by atoms with Gasteiger partial charge in [-0.15, -0.1) is 17.9 Å². The Labute approximate surface area is 348 Å². The summed E-state index contributed by atoms with van der Waals surface area (Å²) in [5, 5.41) is 13.8. The molecule has 0 radical (unpaired) electrons. The van der Waals surface area contributed by atoms with Gasteiger partial charge in [-0.25, -0.2) is 9.97 Å². The van der Waals surface area contributed by atoms with Gasteiger partial charge in [0, 0.05) is 36.8 Å². The van der Waals surface area contributed by atoms with Crippen LogP contribution in [0.1, 0.15) is 91.2 Å². The van der Waals surface area contributed by atoms with E-state index in [9.17, 15) is 24.3 Å². The molecule has 2 unspecified atom stereocenters. The summed E-state index contributed by atoms with van der Waals surface area (Å²) in [7, 11) is 1.59. The number of carboxylic acid groups (broad SMARTS) is 1. The number of Topliss-reactive ketones (excluding diaryl/α,β-unsaturated/α-hetero) is 1. The number of carboxylic acids is 1. The van der Waals surface area contributed by atoms with Crippen LogP contribution in [0.15, 0.2) is 36.2 Å². The van der Waals surface area contributed by atoms with Crippen LogP contribution in [0.25, 0.3) is 21.6 Å². The normalized spacial score (nSPS) is 26.7. The topological polar surface area (TPSA) is 154 Å². The molecule has 3 saturated carbocycles. The lowest BCUT2D eigenvalue weighted by Crippen LogP contribution is -2.48. The number of esters is 1. The number of thiazole rings is 1. The number of nitrogens with zero attached hydrogens (tertiary/aromatic N) is 3. The van der Waals surface area contributed by atoms with Crippen molar-refractivity contribution in [1.82, 2.24) is 14.9 Å². The van der Waals surface area contributed by atoms with Crippen LogP contribution in [0.2, 0.25) is 5.02 Å². The number of fused-ring (bicyclic) bond motifs is 2. The van der Waals surface area contributed by atoms with Crippen molar-refractivity contribution in [1.29, 1.82) is 0 Å². The fraction of sp³-hybridized carbons (Fsp3) is 0.591. The summed E-state index contributed by atoms with van der Waals surface area (Å²) in [6.45, 7) is 14.3. The maximum atomic E-state index is 14.8. The Balaban J connectivity index is 1.21. The molecule has 0 bridgehead atoms. The number of ether oxygens (including phenoxy) is 4. The number of likely N-dealkylation sites (tertiary alicyclic amines) is 1. The van der Waals surface area contributed by atoms with Crippen LogP contribution in [0.3, 0.4) is 0 Å². The summed E-state index contributed by atoms with van der Waals surface area (Å²) in [6.07, 6.45) is 3.73. The van der Waals surface area contributed by atoms with E-state index in [0.29, 0.717) is 58.0 Å². The van der Waals surface area contributed by atoms with Crippen LogP contribution < -0.4 is 9.47 Å². The number of carbonyl (C=O) groups is 4. The highest BCUT2D eigenvalue weighted by Crippen LogP contribution is 2.57. The average Bonchev–Trinajstić information content (AvgIpc) is 3.81. The number of aliphatic carboxylic acids is 1. The minimum absolute atomic E-state index is 0.0354. The number of methoxy groups -OCH3 is 1. The first-order valence-electron chi connectivity index (χ1n) is 20.3. The number of rotatable bonds is 17. The Morgan fingerprint density at radius 1 is 1.07 bits per heavy atom. The van der Waals surface area contributed by atoms with E-state index in [1.165, 1.54) is 22.7 Å². The number of pyridine rings is 1. The van der Waals surface area contributed by atoms with Crippen LogP contribution in [0, 0.1) is 34.5 Å². The quantitative estimate of drug-likeness (QED) is 0.0796. The highest BCUT2D eigenvalue weighted by atomic mass is 35.5. The number of halogens is 1. The van der Waals surface area contributed by atoms with E-state index in [-0.39, 0.29) is 67.1 Å². The molecule has 3 aromatic rings. The zero-order valence-corrected chi connectivity index (χ0v) is 35.7. The van der Waals surface area contributed by atoms with Crippen molar-refractivity contribution in [3.05, 3.63) is 47.0 Å². The molecule has 58 heavy (non-hydrogen) atoms. The molecule has 12 nitrogen and oxygen atoms in total. The molecular formula is C44H54ClN3O9S. The van der Waals surface area contributed by atoms with Crippen molar-refractivity contribution in [2.24, 2.45) is 34.5 Å². The van der Waals surface area contributed by atoms with E-state index < -0.39 is 40.8 Å². The number of hydrogen-bond donors (Lipinski definition) is 1. The minimum atomic E-state index is -1.26. The fourth-order valence-electron chi connectivity index (χ4n) is 8.76. The van der Waals surface area contributed by atoms with Crippen molar-refractivity contribution in [3.8, 4) is 22.2 Å². The van der Waals surface area contributed by atoms with E-state index in [4.69, 9.17) is 40.5 Å². The first-order chi connectivity index (χ1) is 27.5. The third-order valence-electron chi connectivity index (χ3n) is 12.5. The van der Waals surface area contributed by atoms with E-state index >= 15 is 0 Å². The second-order valence-electron chi connectivity index (χ2n) is 17.9. The zero-order chi connectivity index (χ0) is 41.7. The predicted octanol–water partition coefficient (Wildman–Crippen LogP) is 8.14. The number of benzene rings is 1. The Bertz CT molecular complexity index is 2090. The molecule has 3 heterocycles. The molecule has 4 aliphatic rings. The second-order valence-corrected chi connectivity index (χ2v) is 19.2. The second kappa shape index (κ2) is 16.5. The average molecular weight is 836 g/mol. The molecule has 4 fully saturated rings. The smallest absolute Gasteiger partial charge is 0.310 e. The van der Waals surface area contributed by atoms with Gasteiger partial charge >= 0.3 is 11.9 Å². The highest BCUT2D eigenvalue weighted by Gasteiger charge is 2.61. The van der Waals surface area contributed by atoms with Crippen LogP contribution in [-0.2, 0) is 28.7 Å². The molecule has 1 aromatic carbocycles. The number of aromatic nitrogens is 2. The van der Waals surface area contributed by atoms with Crippen molar-refractivity contribution in [3.63, 3.8) is 0 Å². The molecule has 1 saturated heterocycles. The van der Waals surface area contributed by atoms with Crippen LogP contribution >= 0.6 is 22.9 Å². The Kier molecular flexibility index (Phi) is 12.0. The molecule has 0 spiro atoms. The van der Waals surface area contributed by atoms with Gasteiger partial charge in [-0.3, -0.25) is 19.2 Å². The third-order valence-corrected chi connectivity index (χ3v) is 13.7. The molecule has 8 atom stereocenters. The van der Waals surface area contributed by atoms with Crippen LogP contribution in [-0.4, -0.2) is 88.7 Å². The van der Waals surface area contributed by atoms with Crippen molar-refractivity contribution < 1.29 is 43.2 Å². The Morgan fingerprint density at radius 3 is 2.43 bits per heavy atom. The van der Waals surface area contributed by atoms with Gasteiger partial charge in [-0.05, 0) is 66.9 Å². The third kappa shape index (κ3) is 8.63. The first-order valence-corrected chi connectivity index (χ1v) is 21.5. The number of allylic oxidation sites excluding steroid dienone is 1. The number of carbonyl (C=O) groups excluding carboxylic acids is 3. The summed E-state index contributed by atoms with van der Waals surface area (Å²) >= 11 is 8.41. The summed E-state index contributed by atoms with van der Waals surface area (Å²) in [6, 6.07) is 4.37. The van der Waals surface area contributed by atoms with Crippen LogP contribution in [0.5, 0.6) is 11.5 Å².